The fourth-order valence-corrected chi connectivity index (χ4v) is 4.21. The Hall–Kier alpha value is -1.65. The summed E-state index contributed by atoms with van der Waals surface area (Å²) >= 11 is 0. The number of benzene rings is 2. The van der Waals surface area contributed by atoms with Crippen LogP contribution in [-0.2, 0) is 9.84 Å². The molecule has 2 unspecified atom stereocenters. The molecule has 0 radical (unpaired) electrons. The molecule has 0 aliphatic rings. The predicted molar refractivity (Wildman–Crippen MR) is 81.1 cm³/mol. The summed E-state index contributed by atoms with van der Waals surface area (Å²) in [5.74, 6) is 0. The van der Waals surface area contributed by atoms with Gasteiger partial charge in [0, 0.05) is 6.04 Å². The second-order valence-electron chi connectivity index (χ2n) is 4.74. The number of nitrogens with two attached hydrogens (primary N) is 1. The minimum Gasteiger partial charge on any atom is -0.323 e. The molecule has 2 aromatic rings. The van der Waals surface area contributed by atoms with Gasteiger partial charge >= 0.3 is 0 Å². The Labute approximate surface area is 120 Å². The molecule has 2 atom stereocenters. The lowest BCUT2D eigenvalue weighted by Gasteiger charge is -2.23. The molecule has 106 valence electrons. The zero-order valence-corrected chi connectivity index (χ0v) is 12.3. The molecule has 0 aliphatic carbocycles. The molecule has 0 aromatic heterocycles. The van der Waals surface area contributed by atoms with Crippen molar-refractivity contribution in [3.63, 3.8) is 0 Å². The van der Waals surface area contributed by atoms with Gasteiger partial charge in [-0.2, -0.15) is 0 Å². The molecule has 2 rings (SSSR count). The van der Waals surface area contributed by atoms with E-state index in [4.69, 9.17) is 5.73 Å². The highest BCUT2D eigenvalue weighted by atomic mass is 32.2. The monoisotopic (exact) mass is 289 g/mol. The van der Waals surface area contributed by atoms with E-state index in [1.165, 1.54) is 0 Å². The largest absolute Gasteiger partial charge is 0.323 e. The van der Waals surface area contributed by atoms with E-state index in [0.717, 1.165) is 5.56 Å². The molecule has 0 aliphatic heterocycles. The SMILES string of the molecule is CCC(C(N)c1ccccc1)S(=O)(=O)c1ccccc1. The van der Waals surface area contributed by atoms with Gasteiger partial charge in [-0.3, -0.25) is 0 Å². The maximum Gasteiger partial charge on any atom is 0.183 e. The summed E-state index contributed by atoms with van der Waals surface area (Å²) in [5.41, 5.74) is 7.04. The third-order valence-corrected chi connectivity index (χ3v) is 5.81. The molecule has 4 heteroatoms. The molecule has 0 heterocycles. The minimum absolute atomic E-state index is 0.332. The van der Waals surface area contributed by atoms with Crippen molar-refractivity contribution in [3.8, 4) is 0 Å². The topological polar surface area (TPSA) is 60.2 Å². The molecular weight excluding hydrogens is 270 g/mol. The van der Waals surface area contributed by atoms with Gasteiger partial charge in [-0.15, -0.1) is 0 Å². The van der Waals surface area contributed by atoms with Crippen molar-refractivity contribution < 1.29 is 8.42 Å². The van der Waals surface area contributed by atoms with Crippen molar-refractivity contribution in [3.05, 3.63) is 66.2 Å². The maximum absolute atomic E-state index is 12.7. The Morgan fingerprint density at radius 1 is 0.950 bits per heavy atom. The molecule has 0 bridgehead atoms. The van der Waals surface area contributed by atoms with Crippen LogP contribution in [0, 0.1) is 0 Å². The fourth-order valence-electron chi connectivity index (χ4n) is 2.34. The van der Waals surface area contributed by atoms with Crippen molar-refractivity contribution in [1.82, 2.24) is 0 Å². The number of hydrogen-bond acceptors (Lipinski definition) is 3. The highest BCUT2D eigenvalue weighted by Crippen LogP contribution is 2.27. The van der Waals surface area contributed by atoms with E-state index >= 15 is 0 Å². The van der Waals surface area contributed by atoms with E-state index in [1.807, 2.05) is 37.3 Å². The molecule has 20 heavy (non-hydrogen) atoms. The van der Waals surface area contributed by atoms with Gasteiger partial charge in [0.15, 0.2) is 9.84 Å². The van der Waals surface area contributed by atoms with E-state index in [1.54, 1.807) is 30.3 Å². The molecule has 0 fully saturated rings. The van der Waals surface area contributed by atoms with Crippen LogP contribution in [0.1, 0.15) is 24.9 Å². The first-order chi connectivity index (χ1) is 9.57. The maximum atomic E-state index is 12.7. The van der Waals surface area contributed by atoms with Crippen molar-refractivity contribution in [2.75, 3.05) is 0 Å². The number of sulfone groups is 1. The van der Waals surface area contributed by atoms with Gasteiger partial charge in [-0.1, -0.05) is 55.5 Å². The van der Waals surface area contributed by atoms with E-state index < -0.39 is 21.1 Å². The van der Waals surface area contributed by atoms with Gasteiger partial charge in [-0.25, -0.2) is 8.42 Å². The third-order valence-electron chi connectivity index (χ3n) is 3.46. The first kappa shape index (κ1) is 14.8. The van der Waals surface area contributed by atoms with Crippen LogP contribution < -0.4 is 5.73 Å². The van der Waals surface area contributed by atoms with Gasteiger partial charge < -0.3 is 5.73 Å². The van der Waals surface area contributed by atoms with Crippen molar-refractivity contribution >= 4 is 9.84 Å². The summed E-state index contributed by atoms with van der Waals surface area (Å²) in [5, 5.41) is -0.618. The minimum atomic E-state index is -3.42. The van der Waals surface area contributed by atoms with Crippen molar-refractivity contribution in [2.45, 2.75) is 29.5 Å². The van der Waals surface area contributed by atoms with E-state index in [0.29, 0.717) is 11.3 Å². The Bertz CT molecular complexity index is 639. The van der Waals surface area contributed by atoms with Crippen LogP contribution in [0.4, 0.5) is 0 Å². The average Bonchev–Trinajstić information content (AvgIpc) is 2.49. The van der Waals surface area contributed by atoms with E-state index in [-0.39, 0.29) is 0 Å². The van der Waals surface area contributed by atoms with Gasteiger partial charge in [0.1, 0.15) is 0 Å². The van der Waals surface area contributed by atoms with Gasteiger partial charge in [0.05, 0.1) is 10.1 Å². The average molecular weight is 289 g/mol. The predicted octanol–water partition coefficient (Wildman–Crippen LogP) is 2.94. The van der Waals surface area contributed by atoms with Crippen LogP contribution in [0.15, 0.2) is 65.6 Å². The highest BCUT2D eigenvalue weighted by Gasteiger charge is 2.31. The van der Waals surface area contributed by atoms with Crippen molar-refractivity contribution in [2.24, 2.45) is 5.73 Å². The first-order valence-corrected chi connectivity index (χ1v) is 8.21. The van der Waals surface area contributed by atoms with Crippen LogP contribution in [0.5, 0.6) is 0 Å². The number of rotatable bonds is 5. The van der Waals surface area contributed by atoms with Gasteiger partial charge in [-0.05, 0) is 24.1 Å². The van der Waals surface area contributed by atoms with Crippen LogP contribution in [0.3, 0.4) is 0 Å². The molecule has 0 spiro atoms. The fraction of sp³-hybridized carbons (Fsp3) is 0.250. The van der Waals surface area contributed by atoms with Crippen LogP contribution >= 0.6 is 0 Å². The second kappa shape index (κ2) is 6.20. The van der Waals surface area contributed by atoms with E-state index in [2.05, 4.69) is 0 Å². The molecule has 2 N–H and O–H groups in total. The summed E-state index contributed by atoms with van der Waals surface area (Å²) in [6.07, 6.45) is 0.479. The molecule has 0 saturated carbocycles. The molecule has 0 amide bonds. The summed E-state index contributed by atoms with van der Waals surface area (Å²) < 4.78 is 25.4. The van der Waals surface area contributed by atoms with Crippen molar-refractivity contribution in [1.29, 1.82) is 0 Å². The third kappa shape index (κ3) is 2.92. The first-order valence-electron chi connectivity index (χ1n) is 6.67. The van der Waals surface area contributed by atoms with Crippen LogP contribution in [-0.4, -0.2) is 13.7 Å². The van der Waals surface area contributed by atoms with Gasteiger partial charge in [0.2, 0.25) is 0 Å². The smallest absolute Gasteiger partial charge is 0.183 e. The van der Waals surface area contributed by atoms with Crippen LogP contribution in [0.2, 0.25) is 0 Å². The van der Waals surface area contributed by atoms with E-state index in [9.17, 15) is 8.42 Å². The standard InChI is InChI=1S/C16H19NO2S/c1-2-15(16(17)13-9-5-3-6-10-13)20(18,19)14-11-7-4-8-12-14/h3-12,15-16H,2,17H2,1H3. The Kier molecular flexibility index (Phi) is 4.57. The molecule has 0 saturated heterocycles. The summed E-state index contributed by atoms with van der Waals surface area (Å²) in [4.78, 5) is 0.332. The Morgan fingerprint density at radius 2 is 1.45 bits per heavy atom. The Balaban J connectivity index is 2.38. The lowest BCUT2D eigenvalue weighted by atomic mass is 10.0. The highest BCUT2D eigenvalue weighted by molar-refractivity contribution is 7.92. The van der Waals surface area contributed by atoms with Crippen LogP contribution in [0.25, 0.3) is 0 Å². The quantitative estimate of drug-likeness (QED) is 0.920. The summed E-state index contributed by atoms with van der Waals surface area (Å²) in [6.45, 7) is 1.86. The molecular formula is C16H19NO2S. The van der Waals surface area contributed by atoms with Gasteiger partial charge in [0.25, 0.3) is 0 Å². The lowest BCUT2D eigenvalue weighted by Crippen LogP contribution is -2.33. The normalized spacial score (nSPS) is 14.7. The molecule has 3 nitrogen and oxygen atoms in total. The lowest BCUT2D eigenvalue weighted by molar-refractivity contribution is 0.547. The zero-order valence-electron chi connectivity index (χ0n) is 11.4. The molecule has 2 aromatic carbocycles. The second-order valence-corrected chi connectivity index (χ2v) is 6.91. The summed E-state index contributed by atoms with van der Waals surface area (Å²) in [6, 6.07) is 17.4. The zero-order chi connectivity index (χ0) is 14.6. The summed E-state index contributed by atoms with van der Waals surface area (Å²) in [7, 11) is -3.42. The Morgan fingerprint density at radius 3 is 1.95 bits per heavy atom. The number of hydrogen-bond donors (Lipinski definition) is 1.